The van der Waals surface area contributed by atoms with Crippen LogP contribution >= 0.6 is 0 Å². The van der Waals surface area contributed by atoms with Crippen LogP contribution in [0.1, 0.15) is 25.7 Å². The molecule has 4 fully saturated rings. The van der Waals surface area contributed by atoms with Gasteiger partial charge >= 0.3 is 6.01 Å². The third-order valence-corrected chi connectivity index (χ3v) is 11.0. The smallest absolute Gasteiger partial charge is 0.319 e. The summed E-state index contributed by atoms with van der Waals surface area (Å²) < 4.78 is 58.2. The van der Waals surface area contributed by atoms with E-state index in [9.17, 15) is 9.18 Å². The predicted molar refractivity (Wildman–Crippen MR) is 191 cm³/mol. The molecule has 7 heterocycles. The lowest BCUT2D eigenvalue weighted by Crippen LogP contribution is -2.43. The van der Waals surface area contributed by atoms with Gasteiger partial charge in [-0.3, -0.25) is 19.6 Å². The summed E-state index contributed by atoms with van der Waals surface area (Å²) in [6.07, 6.45) is 6.74. The van der Waals surface area contributed by atoms with E-state index in [1.54, 1.807) is 23.1 Å². The maximum absolute atomic E-state index is 16.8. The van der Waals surface area contributed by atoms with Gasteiger partial charge in [-0.05, 0) is 43.3 Å². The summed E-state index contributed by atoms with van der Waals surface area (Å²) in [5.41, 5.74) is 5.25. The lowest BCUT2D eigenvalue weighted by Gasteiger charge is -2.31. The fraction of sp³-hybridized carbons (Fsp3) is 0.486. The molecule has 0 bridgehead atoms. The minimum Gasteiger partial charge on any atom is -0.461 e. The van der Waals surface area contributed by atoms with Gasteiger partial charge in [0, 0.05) is 76.4 Å². The summed E-state index contributed by atoms with van der Waals surface area (Å²) in [5.74, 6) is -1.04. The van der Waals surface area contributed by atoms with Crippen molar-refractivity contribution in [3.05, 3.63) is 54.2 Å². The number of carbonyl (C=O) groups is 1. The number of amides is 1. The molecular formula is C37H42F3N9O3. The molecule has 4 aliphatic rings. The summed E-state index contributed by atoms with van der Waals surface area (Å²) in [6.45, 7) is 6.01. The van der Waals surface area contributed by atoms with E-state index in [1.165, 1.54) is 18.3 Å². The summed E-state index contributed by atoms with van der Waals surface area (Å²) in [5, 5.41) is 0.850. The van der Waals surface area contributed by atoms with E-state index in [0.717, 1.165) is 32.5 Å². The highest BCUT2D eigenvalue weighted by atomic mass is 19.1. The number of pyridine rings is 2. The number of carbonyl (C=O) groups excluding carboxylic acids is 1. The van der Waals surface area contributed by atoms with Crippen molar-refractivity contribution in [1.29, 1.82) is 0 Å². The van der Waals surface area contributed by atoms with E-state index in [1.807, 2.05) is 18.0 Å². The van der Waals surface area contributed by atoms with Gasteiger partial charge in [0.05, 0.1) is 24.1 Å². The van der Waals surface area contributed by atoms with Crippen LogP contribution in [0.2, 0.25) is 0 Å². The van der Waals surface area contributed by atoms with Crippen LogP contribution in [-0.4, -0.2) is 131 Å². The average Bonchev–Trinajstić information content (AvgIpc) is 3.86. The van der Waals surface area contributed by atoms with Crippen LogP contribution in [0.25, 0.3) is 33.1 Å². The number of ether oxygens (including phenoxy) is 2. The van der Waals surface area contributed by atoms with E-state index in [2.05, 4.69) is 24.8 Å². The van der Waals surface area contributed by atoms with Gasteiger partial charge < -0.3 is 25.0 Å². The van der Waals surface area contributed by atoms with E-state index >= 15 is 8.78 Å². The van der Waals surface area contributed by atoms with E-state index < -0.39 is 23.3 Å². The van der Waals surface area contributed by atoms with E-state index in [-0.39, 0.29) is 52.7 Å². The molecule has 1 amide bonds. The highest BCUT2D eigenvalue weighted by molar-refractivity contribution is 5.99. The van der Waals surface area contributed by atoms with Gasteiger partial charge in [0.15, 0.2) is 5.82 Å². The molecule has 0 saturated carbocycles. The van der Waals surface area contributed by atoms with Crippen LogP contribution in [0.15, 0.2) is 42.6 Å². The van der Waals surface area contributed by atoms with Crippen molar-refractivity contribution in [3.63, 3.8) is 0 Å². The van der Waals surface area contributed by atoms with Crippen molar-refractivity contribution in [3.8, 4) is 17.4 Å². The number of rotatable bonds is 9. The Morgan fingerprint density at radius 2 is 1.98 bits per heavy atom. The number of aromatic nitrogens is 4. The Hall–Kier alpha value is -4.60. The molecule has 0 spiro atoms. The Kier molecular flexibility index (Phi) is 9.34. The van der Waals surface area contributed by atoms with Crippen LogP contribution in [0.5, 0.6) is 6.01 Å². The average molecular weight is 718 g/mol. The summed E-state index contributed by atoms with van der Waals surface area (Å²) in [6, 6.07) is 5.80. The van der Waals surface area contributed by atoms with E-state index in [4.69, 9.17) is 20.2 Å². The Morgan fingerprint density at radius 3 is 2.83 bits per heavy atom. The number of fused-ring (bicyclic) bond motifs is 3. The molecule has 4 aromatic rings. The molecule has 2 N–H and O–H groups in total. The van der Waals surface area contributed by atoms with Gasteiger partial charge in [-0.2, -0.15) is 9.97 Å². The second-order valence-corrected chi connectivity index (χ2v) is 14.3. The molecule has 0 aliphatic carbocycles. The lowest BCUT2D eigenvalue weighted by atomic mass is 9.95. The highest BCUT2D eigenvalue weighted by Crippen LogP contribution is 2.41. The third-order valence-electron chi connectivity index (χ3n) is 11.0. The first-order chi connectivity index (χ1) is 25.2. The number of nitrogen functional groups attached to an aromatic ring is 1. The van der Waals surface area contributed by atoms with Crippen LogP contribution in [0.3, 0.4) is 0 Å². The van der Waals surface area contributed by atoms with Gasteiger partial charge in [0.25, 0.3) is 0 Å². The van der Waals surface area contributed by atoms with Crippen LogP contribution in [-0.2, 0) is 9.53 Å². The van der Waals surface area contributed by atoms with Crippen molar-refractivity contribution in [2.24, 2.45) is 0 Å². The normalized spacial score (nSPS) is 24.0. The molecular weight excluding hydrogens is 675 g/mol. The molecule has 0 radical (unpaired) electrons. The number of likely N-dealkylation sites (tertiary alicyclic amines) is 1. The topological polar surface area (TPSA) is 126 Å². The number of alkyl halides is 1. The number of hydrogen-bond donors (Lipinski definition) is 1. The molecule has 3 atom stereocenters. The van der Waals surface area contributed by atoms with Crippen LogP contribution < -0.4 is 15.4 Å². The maximum Gasteiger partial charge on any atom is 0.319 e. The van der Waals surface area contributed by atoms with Crippen LogP contribution in [0.4, 0.5) is 24.8 Å². The van der Waals surface area contributed by atoms with Crippen molar-refractivity contribution in [2.75, 3.05) is 83.3 Å². The SMILES string of the molecule is CN(c1nc(OC[C@@]23CCCN2C[C@H](F)C3)nc2c(F)c(-c3nc(N)cc4cccc(F)c34)ncc12)[C@@H]1CCN(C(=O)/C=C/CN2CCOCC2)C1. The van der Waals surface area contributed by atoms with Crippen molar-refractivity contribution in [2.45, 2.75) is 43.4 Å². The lowest BCUT2D eigenvalue weighted by molar-refractivity contribution is -0.125. The molecule has 4 aliphatic heterocycles. The van der Waals surface area contributed by atoms with Crippen molar-refractivity contribution in [1.82, 2.24) is 34.6 Å². The quantitative estimate of drug-likeness (QED) is 0.253. The predicted octanol–water partition coefficient (Wildman–Crippen LogP) is 3.98. The van der Waals surface area contributed by atoms with E-state index in [0.29, 0.717) is 68.8 Å². The first kappa shape index (κ1) is 34.5. The van der Waals surface area contributed by atoms with Gasteiger partial charge in [0.1, 0.15) is 47.1 Å². The fourth-order valence-corrected chi connectivity index (χ4v) is 8.25. The van der Waals surface area contributed by atoms with Crippen molar-refractivity contribution < 1.29 is 27.4 Å². The summed E-state index contributed by atoms with van der Waals surface area (Å²) in [7, 11) is 1.84. The Balaban J connectivity index is 1.12. The fourth-order valence-electron chi connectivity index (χ4n) is 8.25. The molecule has 52 heavy (non-hydrogen) atoms. The Bertz CT molecular complexity index is 2030. The zero-order valence-electron chi connectivity index (χ0n) is 29.1. The molecule has 1 aromatic carbocycles. The zero-order chi connectivity index (χ0) is 36.0. The van der Waals surface area contributed by atoms with Gasteiger partial charge in [-0.25, -0.2) is 18.2 Å². The second kappa shape index (κ2) is 14.1. The maximum atomic E-state index is 16.8. The van der Waals surface area contributed by atoms with Gasteiger partial charge in [-0.15, -0.1) is 0 Å². The second-order valence-electron chi connectivity index (χ2n) is 14.3. The number of benzene rings is 1. The monoisotopic (exact) mass is 717 g/mol. The number of morpholine rings is 1. The zero-order valence-corrected chi connectivity index (χ0v) is 29.1. The third kappa shape index (κ3) is 6.49. The van der Waals surface area contributed by atoms with Gasteiger partial charge in [-0.1, -0.05) is 18.2 Å². The number of hydrogen-bond acceptors (Lipinski definition) is 11. The Labute approximate surface area is 299 Å². The minimum atomic E-state index is -0.947. The molecule has 12 nitrogen and oxygen atoms in total. The minimum absolute atomic E-state index is 0.0458. The molecule has 274 valence electrons. The standard InChI is InChI=1S/C37H42F3N9O3/c1-46(25-8-12-48(21-25)29(50)7-3-10-47-13-15-51-16-14-47)35-26-19-42-34(33-30-23(17-28(41)43-33)5-2-6-27(30)39)31(40)32(26)44-36(45-35)52-22-37-9-4-11-49(37)20-24(38)18-37/h2-3,5-7,17,19,24-25H,4,8-16,18,20-22H2,1H3,(H2,41,43)/b7-3+/t24-,25-,37+/m1/s1. The highest BCUT2D eigenvalue weighted by Gasteiger charge is 2.49. The molecule has 15 heteroatoms. The molecule has 4 saturated heterocycles. The molecule has 8 rings (SSSR count). The van der Waals surface area contributed by atoms with Crippen LogP contribution in [0, 0.1) is 11.6 Å². The number of likely N-dealkylation sites (N-methyl/N-ethyl adjacent to an activating group) is 1. The number of anilines is 2. The largest absolute Gasteiger partial charge is 0.461 e. The first-order valence-electron chi connectivity index (χ1n) is 17.9. The van der Waals surface area contributed by atoms with Crippen molar-refractivity contribution >= 4 is 39.2 Å². The van der Waals surface area contributed by atoms with Gasteiger partial charge in [0.2, 0.25) is 5.91 Å². The number of halogens is 3. The first-order valence-corrected chi connectivity index (χ1v) is 17.9. The summed E-state index contributed by atoms with van der Waals surface area (Å²) in [4.78, 5) is 39.3. The number of nitrogens with two attached hydrogens (primary N) is 1. The Morgan fingerprint density at radius 1 is 1.13 bits per heavy atom. The molecule has 0 unspecified atom stereocenters. The summed E-state index contributed by atoms with van der Waals surface area (Å²) >= 11 is 0. The molecule has 3 aromatic heterocycles. The number of nitrogens with zero attached hydrogens (tertiary/aromatic N) is 8.